The van der Waals surface area contributed by atoms with Crippen LogP contribution >= 0.6 is 15.9 Å². The van der Waals surface area contributed by atoms with Crippen LogP contribution in [-0.4, -0.2) is 43.6 Å². The Labute approximate surface area is 190 Å². The van der Waals surface area contributed by atoms with Crippen LogP contribution in [0.1, 0.15) is 31.7 Å². The SMILES string of the molecule is CCN(c1nc(Nc2ccc3c(c2)S(=O)(=O)NC3)ncc1Br)C1CCCC2NNCC21. The van der Waals surface area contributed by atoms with Gasteiger partial charge in [0.2, 0.25) is 16.0 Å². The van der Waals surface area contributed by atoms with Crippen molar-refractivity contribution in [1.29, 1.82) is 0 Å². The first kappa shape index (κ1) is 21.1. The fraction of sp³-hybridized carbons (Fsp3) is 0.500. The number of nitrogens with zero attached hydrogens (tertiary/aromatic N) is 3. The number of hydrazine groups is 1. The Morgan fingerprint density at radius 2 is 2.19 bits per heavy atom. The monoisotopic (exact) mass is 507 g/mol. The maximum absolute atomic E-state index is 12.2. The zero-order valence-corrected chi connectivity index (χ0v) is 19.6. The minimum Gasteiger partial charge on any atom is -0.352 e. The molecule has 2 aliphatic heterocycles. The number of aromatic nitrogens is 2. The van der Waals surface area contributed by atoms with Crippen molar-refractivity contribution < 1.29 is 8.42 Å². The lowest BCUT2D eigenvalue weighted by atomic mass is 9.81. The summed E-state index contributed by atoms with van der Waals surface area (Å²) in [6.45, 7) is 4.28. The Kier molecular flexibility index (Phi) is 5.63. The summed E-state index contributed by atoms with van der Waals surface area (Å²) in [5.41, 5.74) is 8.15. The molecule has 0 spiro atoms. The van der Waals surface area contributed by atoms with E-state index in [-0.39, 0.29) is 0 Å². The van der Waals surface area contributed by atoms with Gasteiger partial charge in [-0.15, -0.1) is 0 Å². The highest BCUT2D eigenvalue weighted by Gasteiger charge is 2.40. The number of nitrogens with one attached hydrogen (secondary N) is 4. The van der Waals surface area contributed by atoms with Crippen molar-refractivity contribution in [2.45, 2.75) is 49.7 Å². The van der Waals surface area contributed by atoms with E-state index in [0.29, 0.717) is 41.1 Å². The lowest BCUT2D eigenvalue weighted by Gasteiger charge is -2.41. The van der Waals surface area contributed by atoms with Crippen LogP contribution in [0.15, 0.2) is 33.8 Å². The van der Waals surface area contributed by atoms with Gasteiger partial charge in [-0.1, -0.05) is 6.07 Å². The number of sulfonamides is 1. The Morgan fingerprint density at radius 3 is 3.03 bits per heavy atom. The van der Waals surface area contributed by atoms with Crippen LogP contribution in [0.5, 0.6) is 0 Å². The van der Waals surface area contributed by atoms with Gasteiger partial charge in [-0.3, -0.25) is 10.9 Å². The molecule has 0 bridgehead atoms. The fourth-order valence-electron chi connectivity index (χ4n) is 4.96. The number of halogens is 1. The second kappa shape index (κ2) is 8.28. The van der Waals surface area contributed by atoms with Crippen molar-refractivity contribution in [3.8, 4) is 0 Å². The van der Waals surface area contributed by atoms with Crippen molar-refractivity contribution in [2.75, 3.05) is 23.3 Å². The molecule has 1 saturated carbocycles. The minimum absolute atomic E-state index is 0.305. The maximum Gasteiger partial charge on any atom is 0.241 e. The highest BCUT2D eigenvalue weighted by atomic mass is 79.9. The number of anilines is 3. The second-order valence-corrected chi connectivity index (χ2v) is 10.8. The molecule has 3 atom stereocenters. The van der Waals surface area contributed by atoms with Crippen LogP contribution in [0.25, 0.3) is 0 Å². The van der Waals surface area contributed by atoms with Gasteiger partial charge in [0.1, 0.15) is 5.82 Å². The summed E-state index contributed by atoms with van der Waals surface area (Å²) in [4.78, 5) is 11.9. The zero-order valence-electron chi connectivity index (χ0n) is 17.2. The van der Waals surface area contributed by atoms with E-state index in [1.54, 1.807) is 12.3 Å². The molecule has 0 radical (unpaired) electrons. The first-order chi connectivity index (χ1) is 15.0. The summed E-state index contributed by atoms with van der Waals surface area (Å²) in [5, 5.41) is 3.18. The summed E-state index contributed by atoms with van der Waals surface area (Å²) in [7, 11) is -3.43. The standard InChI is InChI=1S/C20H26BrN7O2S/c1-2-28(17-5-3-4-16-14(17)10-23-27-16)19-15(21)11-22-20(26-19)25-13-7-6-12-9-24-31(29,30)18(12)8-13/h6-8,11,14,16-17,23-24,27H,2-5,9-10H2,1H3,(H,22,25,26). The Bertz CT molecular complexity index is 1100. The number of hydrogen-bond donors (Lipinski definition) is 4. The van der Waals surface area contributed by atoms with Gasteiger partial charge < -0.3 is 10.2 Å². The molecule has 3 aliphatic rings. The lowest BCUT2D eigenvalue weighted by Crippen LogP contribution is -2.49. The highest BCUT2D eigenvalue weighted by Crippen LogP contribution is 2.36. The molecule has 4 N–H and O–H groups in total. The van der Waals surface area contributed by atoms with E-state index >= 15 is 0 Å². The molecule has 1 aromatic carbocycles. The molecule has 1 saturated heterocycles. The largest absolute Gasteiger partial charge is 0.352 e. The van der Waals surface area contributed by atoms with Gasteiger partial charge in [-0.05, 0) is 59.8 Å². The summed E-state index contributed by atoms with van der Waals surface area (Å²) < 4.78 is 27.7. The first-order valence-electron chi connectivity index (χ1n) is 10.6. The van der Waals surface area contributed by atoms with Gasteiger partial charge in [0, 0.05) is 49.5 Å². The molecule has 5 rings (SSSR count). The van der Waals surface area contributed by atoms with Crippen LogP contribution in [-0.2, 0) is 16.6 Å². The second-order valence-electron chi connectivity index (χ2n) is 8.22. The van der Waals surface area contributed by atoms with Crippen molar-refractivity contribution in [3.05, 3.63) is 34.4 Å². The molecule has 3 unspecified atom stereocenters. The zero-order chi connectivity index (χ0) is 21.6. The van der Waals surface area contributed by atoms with E-state index in [1.807, 2.05) is 12.1 Å². The number of fused-ring (bicyclic) bond motifs is 2. The summed E-state index contributed by atoms with van der Waals surface area (Å²) in [6, 6.07) is 6.19. The maximum atomic E-state index is 12.2. The third-order valence-electron chi connectivity index (χ3n) is 6.46. The predicted octanol–water partition coefficient (Wildman–Crippen LogP) is 2.25. The van der Waals surface area contributed by atoms with Gasteiger partial charge in [-0.25, -0.2) is 18.1 Å². The van der Waals surface area contributed by atoms with Crippen LogP contribution in [0.4, 0.5) is 17.5 Å². The van der Waals surface area contributed by atoms with E-state index in [2.05, 4.69) is 53.6 Å². The van der Waals surface area contributed by atoms with E-state index in [9.17, 15) is 8.42 Å². The third kappa shape index (κ3) is 3.93. The average molecular weight is 508 g/mol. The molecule has 1 aliphatic carbocycles. The number of benzene rings is 1. The topological polar surface area (TPSA) is 111 Å². The van der Waals surface area contributed by atoms with Gasteiger partial charge in [0.25, 0.3) is 0 Å². The summed E-state index contributed by atoms with van der Waals surface area (Å²) in [5.74, 6) is 1.82. The molecule has 9 nitrogen and oxygen atoms in total. The Balaban J connectivity index is 1.43. The van der Waals surface area contributed by atoms with E-state index < -0.39 is 10.0 Å². The van der Waals surface area contributed by atoms with E-state index in [1.165, 1.54) is 12.8 Å². The molecule has 0 amide bonds. The number of hydrogen-bond acceptors (Lipinski definition) is 8. The van der Waals surface area contributed by atoms with Crippen LogP contribution in [0.3, 0.4) is 0 Å². The van der Waals surface area contributed by atoms with Crippen LogP contribution in [0.2, 0.25) is 0 Å². The van der Waals surface area contributed by atoms with Crippen molar-refractivity contribution in [3.63, 3.8) is 0 Å². The Morgan fingerprint density at radius 1 is 1.32 bits per heavy atom. The van der Waals surface area contributed by atoms with Crippen LogP contribution < -0.4 is 25.8 Å². The normalized spacial score (nSPS) is 26.3. The molecule has 11 heteroatoms. The predicted molar refractivity (Wildman–Crippen MR) is 123 cm³/mol. The van der Waals surface area contributed by atoms with Gasteiger partial charge in [0.05, 0.1) is 9.37 Å². The molecule has 3 heterocycles. The molecule has 31 heavy (non-hydrogen) atoms. The lowest BCUT2D eigenvalue weighted by molar-refractivity contribution is 0.280. The van der Waals surface area contributed by atoms with Gasteiger partial charge >= 0.3 is 0 Å². The quantitative estimate of drug-likeness (QED) is 0.487. The van der Waals surface area contributed by atoms with Crippen LogP contribution in [0, 0.1) is 5.92 Å². The average Bonchev–Trinajstić information content (AvgIpc) is 3.36. The van der Waals surface area contributed by atoms with Crippen molar-refractivity contribution in [1.82, 2.24) is 25.5 Å². The highest BCUT2D eigenvalue weighted by molar-refractivity contribution is 9.10. The first-order valence-corrected chi connectivity index (χ1v) is 12.9. The fourth-order valence-corrected chi connectivity index (χ4v) is 6.65. The smallest absolute Gasteiger partial charge is 0.241 e. The summed E-state index contributed by atoms with van der Waals surface area (Å²) >= 11 is 3.64. The third-order valence-corrected chi connectivity index (χ3v) is 8.50. The van der Waals surface area contributed by atoms with Crippen molar-refractivity contribution >= 4 is 43.4 Å². The van der Waals surface area contributed by atoms with Gasteiger partial charge in [-0.2, -0.15) is 4.98 Å². The minimum atomic E-state index is -3.43. The molecule has 2 fully saturated rings. The molecule has 166 valence electrons. The number of rotatable bonds is 5. The summed E-state index contributed by atoms with van der Waals surface area (Å²) in [6.07, 6.45) is 5.26. The van der Waals surface area contributed by atoms with E-state index in [4.69, 9.17) is 4.98 Å². The Hall–Kier alpha value is -1.79. The molecule has 1 aromatic heterocycles. The van der Waals surface area contributed by atoms with Crippen molar-refractivity contribution in [2.24, 2.45) is 5.92 Å². The molecular formula is C20H26BrN7O2S. The molecule has 2 aromatic rings. The van der Waals surface area contributed by atoms with Gasteiger partial charge in [0.15, 0.2) is 0 Å². The van der Waals surface area contributed by atoms with E-state index in [0.717, 1.165) is 35.4 Å². The molecular weight excluding hydrogens is 482 g/mol.